The fourth-order valence-corrected chi connectivity index (χ4v) is 3.00. The average molecular weight is 358 g/mol. The highest BCUT2D eigenvalue weighted by atomic mass is 19.1. The molecule has 0 unspecified atom stereocenters. The summed E-state index contributed by atoms with van der Waals surface area (Å²) in [6.07, 6.45) is 3.24. The molecule has 26 heavy (non-hydrogen) atoms. The van der Waals surface area contributed by atoms with Gasteiger partial charge in [0.1, 0.15) is 17.2 Å². The number of aromatic nitrogens is 2. The van der Waals surface area contributed by atoms with Crippen LogP contribution >= 0.6 is 0 Å². The van der Waals surface area contributed by atoms with E-state index in [-0.39, 0.29) is 28.9 Å². The van der Waals surface area contributed by atoms with Crippen LogP contribution in [0.5, 0.6) is 0 Å². The largest absolute Gasteiger partial charge is 0.365 e. The van der Waals surface area contributed by atoms with E-state index in [9.17, 15) is 9.18 Å². The van der Waals surface area contributed by atoms with E-state index in [0.29, 0.717) is 11.6 Å². The van der Waals surface area contributed by atoms with E-state index >= 15 is 0 Å². The summed E-state index contributed by atoms with van der Waals surface area (Å²) < 4.78 is 13.4. The first-order valence-corrected chi connectivity index (χ1v) is 8.53. The van der Waals surface area contributed by atoms with Crippen molar-refractivity contribution in [3.8, 4) is 0 Å². The van der Waals surface area contributed by atoms with Crippen LogP contribution in [0.15, 0.2) is 30.5 Å². The Kier molecular flexibility index (Phi) is 4.78. The summed E-state index contributed by atoms with van der Waals surface area (Å²) in [6, 6.07) is 5.86. The number of nitrogens with zero attached hydrogens (tertiary/aromatic N) is 2. The van der Waals surface area contributed by atoms with Gasteiger partial charge in [-0.25, -0.2) is 9.37 Å². The maximum absolute atomic E-state index is 13.4. The highest BCUT2D eigenvalue weighted by Crippen LogP contribution is 2.39. The van der Waals surface area contributed by atoms with Gasteiger partial charge in [0.15, 0.2) is 0 Å². The summed E-state index contributed by atoms with van der Waals surface area (Å²) in [6.45, 7) is 4.16. The molecule has 3 rings (SSSR count). The lowest BCUT2D eigenvalue weighted by Crippen LogP contribution is -2.46. The van der Waals surface area contributed by atoms with Crippen LogP contribution in [0, 0.1) is 11.7 Å². The zero-order chi connectivity index (χ0) is 18.9. The zero-order valence-electron chi connectivity index (χ0n) is 14.8. The van der Waals surface area contributed by atoms with Gasteiger partial charge in [-0.2, -0.15) is 4.98 Å². The van der Waals surface area contributed by atoms with Crippen molar-refractivity contribution < 1.29 is 9.18 Å². The smallest absolute Gasteiger partial charge is 0.254 e. The molecule has 138 valence electrons. The van der Waals surface area contributed by atoms with Crippen LogP contribution in [0.4, 0.5) is 21.8 Å². The van der Waals surface area contributed by atoms with Gasteiger partial charge in [-0.3, -0.25) is 4.79 Å². The van der Waals surface area contributed by atoms with Crippen LogP contribution < -0.4 is 22.1 Å². The number of nitrogens with two attached hydrogens (primary N) is 2. The molecule has 1 heterocycles. The van der Waals surface area contributed by atoms with Gasteiger partial charge in [0, 0.05) is 23.5 Å². The summed E-state index contributed by atoms with van der Waals surface area (Å²) in [4.78, 5) is 20.2. The summed E-state index contributed by atoms with van der Waals surface area (Å²) in [7, 11) is 0. The van der Waals surface area contributed by atoms with Gasteiger partial charge in [0.05, 0.1) is 0 Å². The second-order valence-corrected chi connectivity index (χ2v) is 7.05. The molecule has 0 radical (unpaired) electrons. The van der Waals surface area contributed by atoms with Crippen LogP contribution in [0.2, 0.25) is 0 Å². The van der Waals surface area contributed by atoms with Crippen molar-refractivity contribution in [3.63, 3.8) is 0 Å². The van der Waals surface area contributed by atoms with Gasteiger partial charge in [-0.15, -0.1) is 0 Å². The molecule has 7 nitrogen and oxygen atoms in total. The monoisotopic (exact) mass is 358 g/mol. The van der Waals surface area contributed by atoms with Crippen molar-refractivity contribution in [2.24, 2.45) is 17.4 Å². The highest BCUT2D eigenvalue weighted by molar-refractivity contribution is 5.98. The summed E-state index contributed by atoms with van der Waals surface area (Å²) in [5.41, 5.74) is 12.1. The fourth-order valence-electron chi connectivity index (χ4n) is 3.00. The van der Waals surface area contributed by atoms with Crippen LogP contribution in [0.25, 0.3) is 0 Å². The normalized spacial score (nSPS) is 16.2. The third-order valence-corrected chi connectivity index (χ3v) is 4.54. The molecule has 1 aromatic carbocycles. The number of hydrogen-bond acceptors (Lipinski definition) is 6. The van der Waals surface area contributed by atoms with E-state index in [2.05, 4.69) is 34.4 Å². The van der Waals surface area contributed by atoms with Gasteiger partial charge in [0.2, 0.25) is 5.95 Å². The number of carbonyl (C=O) groups excluding carboxylic acids is 1. The van der Waals surface area contributed by atoms with Gasteiger partial charge in [-0.05, 0) is 37.0 Å². The van der Waals surface area contributed by atoms with Crippen molar-refractivity contribution in [2.75, 3.05) is 10.6 Å². The molecule has 6 N–H and O–H groups in total. The number of anilines is 3. The minimum atomic E-state index is -0.673. The Hall–Kier alpha value is -2.74. The molecule has 1 atom stereocenters. The average Bonchev–Trinajstić information content (AvgIpc) is 3.30. The molecule has 0 bridgehead atoms. The molecule has 1 aromatic heterocycles. The third kappa shape index (κ3) is 3.91. The van der Waals surface area contributed by atoms with Crippen molar-refractivity contribution in [3.05, 3.63) is 41.8 Å². The van der Waals surface area contributed by atoms with E-state index in [1.807, 2.05) is 0 Å². The summed E-state index contributed by atoms with van der Waals surface area (Å²) in [5.74, 6) is -0.245. The van der Waals surface area contributed by atoms with Crippen LogP contribution in [-0.2, 0) is 0 Å². The standard InChI is InChI=1S/C18H23FN6O/c1-10(2)14(18(21)6-7-18)24-17-22-9-13(15(20)26)16(25-17)23-12-5-3-4-11(19)8-12/h3-5,8-10,14H,6-7,21H2,1-2H3,(H2,20,26)(H2,22,23,24,25)/t14-/m1/s1. The molecule has 0 aliphatic heterocycles. The Morgan fingerprint density at radius 1 is 1.35 bits per heavy atom. The summed E-state index contributed by atoms with van der Waals surface area (Å²) in [5, 5.41) is 6.20. The Labute approximate surface area is 151 Å². The number of carbonyl (C=O) groups is 1. The number of primary amides is 1. The van der Waals surface area contributed by atoms with E-state index in [0.717, 1.165) is 12.8 Å². The molecular formula is C18H23FN6O. The first-order valence-electron chi connectivity index (χ1n) is 8.53. The molecule has 0 saturated heterocycles. The number of benzene rings is 1. The Morgan fingerprint density at radius 2 is 2.08 bits per heavy atom. The lowest BCUT2D eigenvalue weighted by molar-refractivity contribution is 0.100. The van der Waals surface area contributed by atoms with Gasteiger partial charge < -0.3 is 22.1 Å². The maximum atomic E-state index is 13.4. The number of hydrogen-bond donors (Lipinski definition) is 4. The Balaban J connectivity index is 1.89. The second-order valence-electron chi connectivity index (χ2n) is 7.05. The van der Waals surface area contributed by atoms with Gasteiger partial charge in [0.25, 0.3) is 5.91 Å². The highest BCUT2D eigenvalue weighted by Gasteiger charge is 2.47. The first kappa shape index (κ1) is 18.1. The predicted octanol–water partition coefficient (Wildman–Crippen LogP) is 2.39. The predicted molar refractivity (Wildman–Crippen MR) is 98.6 cm³/mol. The van der Waals surface area contributed by atoms with Crippen LogP contribution in [0.3, 0.4) is 0 Å². The second kappa shape index (κ2) is 6.87. The number of nitrogens with one attached hydrogen (secondary N) is 2. The van der Waals surface area contributed by atoms with Crippen molar-refractivity contribution >= 4 is 23.4 Å². The molecule has 0 spiro atoms. The van der Waals surface area contributed by atoms with E-state index in [1.165, 1.54) is 18.3 Å². The minimum absolute atomic E-state index is 0.00366. The van der Waals surface area contributed by atoms with Gasteiger partial charge in [-0.1, -0.05) is 19.9 Å². The Bertz CT molecular complexity index is 821. The van der Waals surface area contributed by atoms with E-state index in [1.54, 1.807) is 12.1 Å². The third-order valence-electron chi connectivity index (χ3n) is 4.54. The lowest BCUT2D eigenvalue weighted by Gasteiger charge is -2.28. The molecule has 1 aliphatic rings. The van der Waals surface area contributed by atoms with Crippen LogP contribution in [0.1, 0.15) is 37.0 Å². The molecular weight excluding hydrogens is 335 g/mol. The zero-order valence-corrected chi connectivity index (χ0v) is 14.8. The number of halogens is 1. The summed E-state index contributed by atoms with van der Waals surface area (Å²) >= 11 is 0. The topological polar surface area (TPSA) is 119 Å². The SMILES string of the molecule is CC(C)[C@@H](Nc1ncc(C(N)=O)c(Nc2cccc(F)c2)n1)C1(N)CC1. The van der Waals surface area contributed by atoms with Crippen molar-refractivity contribution in [1.82, 2.24) is 9.97 Å². The molecule has 8 heteroatoms. The fraction of sp³-hybridized carbons (Fsp3) is 0.389. The lowest BCUT2D eigenvalue weighted by atomic mass is 9.95. The molecule has 1 amide bonds. The number of rotatable bonds is 7. The van der Waals surface area contributed by atoms with Crippen molar-refractivity contribution in [2.45, 2.75) is 38.3 Å². The van der Waals surface area contributed by atoms with Gasteiger partial charge >= 0.3 is 0 Å². The van der Waals surface area contributed by atoms with E-state index in [4.69, 9.17) is 11.5 Å². The van der Waals surface area contributed by atoms with E-state index < -0.39 is 11.7 Å². The molecule has 1 saturated carbocycles. The number of amides is 1. The maximum Gasteiger partial charge on any atom is 0.254 e. The molecule has 2 aromatic rings. The minimum Gasteiger partial charge on any atom is -0.365 e. The quantitative estimate of drug-likeness (QED) is 0.603. The molecule has 1 fully saturated rings. The Morgan fingerprint density at radius 3 is 2.65 bits per heavy atom. The van der Waals surface area contributed by atoms with Crippen LogP contribution in [-0.4, -0.2) is 27.5 Å². The van der Waals surface area contributed by atoms with Crippen molar-refractivity contribution in [1.29, 1.82) is 0 Å². The first-order chi connectivity index (χ1) is 12.3. The molecule has 1 aliphatic carbocycles.